The molecular formula is C26H21F2N3O3S. The van der Waals surface area contributed by atoms with Gasteiger partial charge in [-0.2, -0.15) is 4.37 Å². The Balaban J connectivity index is 1.66. The fourth-order valence-electron chi connectivity index (χ4n) is 4.33. The van der Waals surface area contributed by atoms with Crippen LogP contribution in [0.1, 0.15) is 69.4 Å². The summed E-state index contributed by atoms with van der Waals surface area (Å²) in [5, 5.41) is 16.9. The Labute approximate surface area is 203 Å². The Morgan fingerprint density at radius 3 is 2.60 bits per heavy atom. The molecule has 0 bridgehead atoms. The molecule has 5 rings (SSSR count). The molecule has 1 aliphatic heterocycles. The van der Waals surface area contributed by atoms with Gasteiger partial charge in [-0.25, -0.2) is 8.78 Å². The molecule has 2 heterocycles. The summed E-state index contributed by atoms with van der Waals surface area (Å²) in [5.74, 6) is -0.979. The van der Waals surface area contributed by atoms with Crippen molar-refractivity contribution in [3.8, 4) is 0 Å². The van der Waals surface area contributed by atoms with Crippen molar-refractivity contribution in [1.29, 1.82) is 0 Å². The topological polar surface area (TPSA) is 91.3 Å². The summed E-state index contributed by atoms with van der Waals surface area (Å²) in [7, 11) is 0. The summed E-state index contributed by atoms with van der Waals surface area (Å²) in [6.45, 7) is 3.12. The summed E-state index contributed by atoms with van der Waals surface area (Å²) in [4.78, 5) is 26.2. The van der Waals surface area contributed by atoms with Gasteiger partial charge in [-0.1, -0.05) is 42.5 Å². The van der Waals surface area contributed by atoms with Crippen LogP contribution in [0.3, 0.4) is 0 Å². The standard InChI is InChI=1S/C26H21F2N3O3S/c1-26(2,34)13-11-17-20(21(30-24(17)32)14-7-3-4-8-15(14)23(27)28)18(12-13)29-25(33)22-16-9-5-6-10-19(16)35-31-22/h3-12,21,23,34H,1-2H3,(H,29,33)(H,30,32). The second-order valence-corrected chi connectivity index (χ2v) is 9.67. The molecule has 35 heavy (non-hydrogen) atoms. The quantitative estimate of drug-likeness (QED) is 0.340. The van der Waals surface area contributed by atoms with Crippen LogP contribution in [0.25, 0.3) is 10.1 Å². The van der Waals surface area contributed by atoms with Crippen LogP contribution in [0.2, 0.25) is 0 Å². The molecule has 0 fully saturated rings. The number of nitrogens with zero attached hydrogens (tertiary/aromatic N) is 1. The van der Waals surface area contributed by atoms with Crippen molar-refractivity contribution >= 4 is 39.1 Å². The van der Waals surface area contributed by atoms with Gasteiger partial charge in [0.2, 0.25) is 0 Å². The van der Waals surface area contributed by atoms with Crippen molar-refractivity contribution in [2.45, 2.75) is 31.9 Å². The van der Waals surface area contributed by atoms with E-state index in [1.165, 1.54) is 35.8 Å². The second-order valence-electron chi connectivity index (χ2n) is 8.86. The van der Waals surface area contributed by atoms with E-state index in [0.29, 0.717) is 16.5 Å². The van der Waals surface area contributed by atoms with Crippen molar-refractivity contribution in [1.82, 2.24) is 9.69 Å². The van der Waals surface area contributed by atoms with E-state index in [4.69, 9.17) is 0 Å². The zero-order chi connectivity index (χ0) is 24.9. The van der Waals surface area contributed by atoms with E-state index in [1.807, 2.05) is 12.1 Å². The third-order valence-corrected chi connectivity index (χ3v) is 6.90. The number of halogens is 2. The number of rotatable bonds is 5. The molecule has 0 aliphatic carbocycles. The summed E-state index contributed by atoms with van der Waals surface area (Å²) in [6, 6.07) is 15.5. The first-order chi connectivity index (χ1) is 16.6. The van der Waals surface area contributed by atoms with Crippen LogP contribution in [0.15, 0.2) is 60.7 Å². The molecule has 4 aromatic rings. The average Bonchev–Trinajstić information content (AvgIpc) is 3.40. The molecule has 1 aromatic heterocycles. The summed E-state index contributed by atoms with van der Waals surface area (Å²) in [6.07, 6.45) is -2.75. The highest BCUT2D eigenvalue weighted by Gasteiger charge is 2.37. The summed E-state index contributed by atoms with van der Waals surface area (Å²) < 4.78 is 32.7. The van der Waals surface area contributed by atoms with E-state index in [1.54, 1.807) is 38.1 Å². The Hall–Kier alpha value is -3.69. The van der Waals surface area contributed by atoms with E-state index in [0.717, 1.165) is 4.70 Å². The maximum atomic E-state index is 13.8. The minimum Gasteiger partial charge on any atom is -0.386 e. The molecule has 1 unspecified atom stereocenters. The molecule has 178 valence electrons. The number of hydrogen-bond donors (Lipinski definition) is 3. The first-order valence-corrected chi connectivity index (χ1v) is 11.7. The molecule has 1 aliphatic rings. The highest BCUT2D eigenvalue weighted by atomic mass is 32.1. The molecule has 1 atom stereocenters. The Bertz CT molecular complexity index is 1480. The monoisotopic (exact) mass is 493 g/mol. The van der Waals surface area contributed by atoms with Gasteiger partial charge in [0.1, 0.15) is 5.69 Å². The number of aromatic nitrogens is 1. The number of aliphatic hydroxyl groups is 1. The van der Waals surface area contributed by atoms with Gasteiger partial charge in [0, 0.05) is 27.8 Å². The van der Waals surface area contributed by atoms with Gasteiger partial charge in [-0.15, -0.1) is 0 Å². The molecule has 0 radical (unpaired) electrons. The molecule has 0 saturated heterocycles. The average molecular weight is 494 g/mol. The van der Waals surface area contributed by atoms with Crippen LogP contribution in [0.5, 0.6) is 0 Å². The zero-order valence-electron chi connectivity index (χ0n) is 18.8. The molecule has 6 nitrogen and oxygen atoms in total. The number of carbonyl (C=O) groups excluding carboxylic acids is 2. The van der Waals surface area contributed by atoms with E-state index in [-0.39, 0.29) is 28.1 Å². The molecule has 0 saturated carbocycles. The lowest BCUT2D eigenvalue weighted by Crippen LogP contribution is -2.22. The van der Waals surface area contributed by atoms with Gasteiger partial charge in [-0.05, 0) is 54.7 Å². The predicted octanol–water partition coefficient (Wildman–Crippen LogP) is 5.55. The van der Waals surface area contributed by atoms with Gasteiger partial charge in [-0.3, -0.25) is 9.59 Å². The number of amides is 2. The molecule has 9 heteroatoms. The van der Waals surface area contributed by atoms with Gasteiger partial charge < -0.3 is 15.7 Å². The lowest BCUT2D eigenvalue weighted by molar-refractivity contribution is 0.0784. The molecule has 0 spiro atoms. The first-order valence-electron chi connectivity index (χ1n) is 10.9. The molecular weight excluding hydrogens is 472 g/mol. The molecule has 2 amide bonds. The maximum absolute atomic E-state index is 13.8. The number of carbonyl (C=O) groups is 2. The highest BCUT2D eigenvalue weighted by Crippen LogP contribution is 2.42. The van der Waals surface area contributed by atoms with Gasteiger partial charge in [0.15, 0.2) is 0 Å². The van der Waals surface area contributed by atoms with E-state index >= 15 is 0 Å². The highest BCUT2D eigenvalue weighted by molar-refractivity contribution is 7.13. The fraction of sp³-hybridized carbons (Fsp3) is 0.192. The van der Waals surface area contributed by atoms with Crippen LogP contribution in [0, 0.1) is 0 Å². The van der Waals surface area contributed by atoms with E-state index in [9.17, 15) is 23.5 Å². The van der Waals surface area contributed by atoms with E-state index in [2.05, 4.69) is 15.0 Å². The van der Waals surface area contributed by atoms with Gasteiger partial charge in [0.25, 0.3) is 18.2 Å². The number of hydrogen-bond acceptors (Lipinski definition) is 5. The van der Waals surface area contributed by atoms with Crippen LogP contribution >= 0.6 is 11.5 Å². The van der Waals surface area contributed by atoms with Crippen LogP contribution in [-0.2, 0) is 5.60 Å². The SMILES string of the molecule is CC(C)(O)c1cc(NC(=O)c2nsc3ccccc23)c2c(c1)C(=O)NC2c1ccccc1C(F)F. The molecule has 3 N–H and O–H groups in total. The number of alkyl halides is 2. The third-order valence-electron chi connectivity index (χ3n) is 6.08. The van der Waals surface area contributed by atoms with Crippen molar-refractivity contribution in [2.75, 3.05) is 5.32 Å². The molecule has 3 aromatic carbocycles. The van der Waals surface area contributed by atoms with E-state index < -0.39 is 29.9 Å². The maximum Gasteiger partial charge on any atom is 0.276 e. The van der Waals surface area contributed by atoms with Crippen LogP contribution < -0.4 is 10.6 Å². The Kier molecular flexibility index (Phi) is 5.61. The second kappa shape index (κ2) is 8.51. The Morgan fingerprint density at radius 2 is 1.86 bits per heavy atom. The minimum atomic E-state index is -2.75. The van der Waals surface area contributed by atoms with Gasteiger partial charge in [0.05, 0.1) is 16.3 Å². The van der Waals surface area contributed by atoms with Crippen LogP contribution in [0.4, 0.5) is 14.5 Å². The van der Waals surface area contributed by atoms with Crippen molar-refractivity contribution in [3.63, 3.8) is 0 Å². The lowest BCUT2D eigenvalue weighted by Gasteiger charge is -2.23. The third kappa shape index (κ3) is 4.06. The Morgan fingerprint density at radius 1 is 1.14 bits per heavy atom. The fourth-order valence-corrected chi connectivity index (χ4v) is 5.10. The lowest BCUT2D eigenvalue weighted by atomic mass is 9.89. The van der Waals surface area contributed by atoms with Gasteiger partial charge >= 0.3 is 0 Å². The predicted molar refractivity (Wildman–Crippen MR) is 130 cm³/mol. The number of nitrogens with one attached hydrogen (secondary N) is 2. The number of fused-ring (bicyclic) bond motifs is 2. The van der Waals surface area contributed by atoms with Crippen molar-refractivity contribution in [3.05, 3.63) is 94.2 Å². The normalized spacial score (nSPS) is 15.4. The summed E-state index contributed by atoms with van der Waals surface area (Å²) >= 11 is 1.19. The van der Waals surface area contributed by atoms with Crippen molar-refractivity contribution in [2.24, 2.45) is 0 Å². The first kappa shape index (κ1) is 23.1. The summed E-state index contributed by atoms with van der Waals surface area (Å²) in [5.41, 5.74) is 0.138. The largest absolute Gasteiger partial charge is 0.386 e. The minimum absolute atomic E-state index is 0.206. The van der Waals surface area contributed by atoms with Crippen LogP contribution in [-0.4, -0.2) is 21.3 Å². The number of anilines is 1. The zero-order valence-corrected chi connectivity index (χ0v) is 19.6. The smallest absolute Gasteiger partial charge is 0.276 e. The van der Waals surface area contributed by atoms with Crippen molar-refractivity contribution < 1.29 is 23.5 Å². The number of benzene rings is 3.